The van der Waals surface area contributed by atoms with Crippen LogP contribution in [0.25, 0.3) is 0 Å². The lowest BCUT2D eigenvalue weighted by atomic mass is 10.1. The summed E-state index contributed by atoms with van der Waals surface area (Å²) in [5.74, 6) is -0.482. The van der Waals surface area contributed by atoms with Crippen LogP contribution in [0.2, 0.25) is 10.0 Å². The molecule has 0 unspecified atom stereocenters. The first kappa shape index (κ1) is 31.9. The Morgan fingerprint density at radius 2 is 1.63 bits per heavy atom. The number of nitrogens with one attached hydrogen (secondary N) is 1. The largest absolute Gasteiger partial charge is 0.352 e. The summed E-state index contributed by atoms with van der Waals surface area (Å²) in [6.45, 7) is 9.85. The Kier molecular flexibility index (Phi) is 11.9. The molecular formula is C28H39Cl2N3O4S. The van der Waals surface area contributed by atoms with Crippen molar-refractivity contribution in [2.24, 2.45) is 0 Å². The van der Waals surface area contributed by atoms with Gasteiger partial charge in [-0.3, -0.25) is 13.9 Å². The van der Waals surface area contributed by atoms with Crippen molar-refractivity contribution in [3.05, 3.63) is 63.1 Å². The van der Waals surface area contributed by atoms with E-state index in [9.17, 15) is 18.0 Å². The number of aryl methyl sites for hydroxylation is 2. The standard InChI is InChI=1S/C28H39Cl2N3O4S/c1-7-21(5)31-28(35)26(8-2)32(18-22-11-12-23(29)17-25(22)30)27(34)10-9-13-33(38(6,36)37)24-15-19(3)14-20(4)16-24/h11-12,14-17,21,26H,7-10,13,18H2,1-6H3,(H,31,35)/t21-,26+/m0/s1. The lowest BCUT2D eigenvalue weighted by molar-refractivity contribution is -0.141. The number of sulfonamides is 1. The van der Waals surface area contributed by atoms with Gasteiger partial charge >= 0.3 is 0 Å². The smallest absolute Gasteiger partial charge is 0.243 e. The molecule has 1 N–H and O–H groups in total. The van der Waals surface area contributed by atoms with Crippen LogP contribution in [-0.2, 0) is 26.2 Å². The maximum absolute atomic E-state index is 13.6. The maximum Gasteiger partial charge on any atom is 0.243 e. The minimum atomic E-state index is -3.56. The number of anilines is 1. The number of carbonyl (C=O) groups is 2. The van der Waals surface area contributed by atoms with Crippen LogP contribution in [0, 0.1) is 13.8 Å². The van der Waals surface area contributed by atoms with Gasteiger partial charge in [-0.2, -0.15) is 0 Å². The van der Waals surface area contributed by atoms with Crippen LogP contribution in [0.1, 0.15) is 63.1 Å². The summed E-state index contributed by atoms with van der Waals surface area (Å²) >= 11 is 12.5. The predicted octanol–water partition coefficient (Wildman–Crippen LogP) is 5.88. The monoisotopic (exact) mass is 583 g/mol. The van der Waals surface area contributed by atoms with Gasteiger partial charge in [-0.25, -0.2) is 8.42 Å². The number of rotatable bonds is 13. The second kappa shape index (κ2) is 14.2. The zero-order valence-corrected chi connectivity index (χ0v) is 25.4. The Labute approximate surface area is 237 Å². The van der Waals surface area contributed by atoms with Gasteiger partial charge in [-0.1, -0.05) is 49.2 Å². The zero-order chi connectivity index (χ0) is 28.6. The van der Waals surface area contributed by atoms with Crippen molar-refractivity contribution in [1.29, 1.82) is 0 Å². The molecule has 38 heavy (non-hydrogen) atoms. The molecule has 0 aromatic heterocycles. The molecule has 2 aromatic carbocycles. The van der Waals surface area contributed by atoms with E-state index in [0.29, 0.717) is 27.7 Å². The van der Waals surface area contributed by atoms with Crippen molar-refractivity contribution >= 4 is 50.7 Å². The van der Waals surface area contributed by atoms with Crippen molar-refractivity contribution < 1.29 is 18.0 Å². The van der Waals surface area contributed by atoms with E-state index in [2.05, 4.69) is 5.32 Å². The van der Waals surface area contributed by atoms with E-state index in [0.717, 1.165) is 23.8 Å². The lowest BCUT2D eigenvalue weighted by Crippen LogP contribution is -2.50. The highest BCUT2D eigenvalue weighted by molar-refractivity contribution is 7.92. The second-order valence-corrected chi connectivity index (χ2v) is 12.5. The van der Waals surface area contributed by atoms with Gasteiger partial charge in [0.15, 0.2) is 0 Å². The third-order valence-corrected chi connectivity index (χ3v) is 8.17. The molecule has 0 fully saturated rings. The minimum absolute atomic E-state index is 0.0336. The van der Waals surface area contributed by atoms with Gasteiger partial charge < -0.3 is 10.2 Å². The van der Waals surface area contributed by atoms with Crippen molar-refractivity contribution in [3.63, 3.8) is 0 Å². The molecule has 0 saturated carbocycles. The van der Waals surface area contributed by atoms with E-state index in [4.69, 9.17) is 23.2 Å². The number of benzene rings is 2. The number of nitrogens with zero attached hydrogens (tertiary/aromatic N) is 2. The van der Waals surface area contributed by atoms with Crippen LogP contribution < -0.4 is 9.62 Å². The molecule has 0 aliphatic heterocycles. The molecule has 2 aromatic rings. The zero-order valence-electron chi connectivity index (χ0n) is 23.1. The average molecular weight is 585 g/mol. The molecule has 2 rings (SSSR count). The molecule has 2 atom stereocenters. The molecule has 0 bridgehead atoms. The molecule has 0 aliphatic rings. The van der Waals surface area contributed by atoms with Gasteiger partial charge in [0.1, 0.15) is 6.04 Å². The van der Waals surface area contributed by atoms with Gasteiger partial charge in [0.2, 0.25) is 21.8 Å². The molecule has 7 nitrogen and oxygen atoms in total. The van der Waals surface area contributed by atoms with E-state index in [1.807, 2.05) is 52.8 Å². The van der Waals surface area contributed by atoms with Gasteiger partial charge in [-0.05, 0) is 81.0 Å². The summed E-state index contributed by atoms with van der Waals surface area (Å²) in [7, 11) is -3.56. The van der Waals surface area contributed by atoms with E-state index in [-0.39, 0.29) is 43.8 Å². The molecular weight excluding hydrogens is 545 g/mol. The van der Waals surface area contributed by atoms with Gasteiger partial charge in [-0.15, -0.1) is 0 Å². The van der Waals surface area contributed by atoms with Crippen molar-refractivity contribution in [1.82, 2.24) is 10.2 Å². The van der Waals surface area contributed by atoms with Gasteiger partial charge in [0.25, 0.3) is 0 Å². The van der Waals surface area contributed by atoms with E-state index in [1.54, 1.807) is 18.2 Å². The molecule has 0 radical (unpaired) electrons. The molecule has 0 aliphatic carbocycles. The summed E-state index contributed by atoms with van der Waals surface area (Å²) < 4.78 is 26.5. The Balaban J connectivity index is 2.29. The first-order chi connectivity index (χ1) is 17.8. The predicted molar refractivity (Wildman–Crippen MR) is 156 cm³/mol. The number of amides is 2. The molecule has 10 heteroatoms. The highest BCUT2D eigenvalue weighted by Crippen LogP contribution is 2.25. The highest BCUT2D eigenvalue weighted by atomic mass is 35.5. The molecule has 2 amide bonds. The first-order valence-electron chi connectivity index (χ1n) is 12.9. The molecule has 0 spiro atoms. The second-order valence-electron chi connectivity index (χ2n) is 9.78. The third kappa shape index (κ3) is 9.17. The number of halogens is 2. The van der Waals surface area contributed by atoms with Crippen LogP contribution in [0.15, 0.2) is 36.4 Å². The normalized spacial score (nSPS) is 13.1. The lowest BCUT2D eigenvalue weighted by Gasteiger charge is -2.32. The van der Waals surface area contributed by atoms with Crippen LogP contribution in [0.4, 0.5) is 5.69 Å². The van der Waals surface area contributed by atoms with Crippen molar-refractivity contribution in [2.75, 3.05) is 17.1 Å². The number of carbonyl (C=O) groups excluding carboxylic acids is 2. The Bertz CT molecular complexity index is 1220. The van der Waals surface area contributed by atoms with E-state index >= 15 is 0 Å². The fourth-order valence-corrected chi connectivity index (χ4v) is 5.71. The summed E-state index contributed by atoms with van der Waals surface area (Å²) in [4.78, 5) is 28.2. The highest BCUT2D eigenvalue weighted by Gasteiger charge is 2.30. The summed E-state index contributed by atoms with van der Waals surface area (Å²) in [6, 6.07) is 9.92. The fraction of sp³-hybridized carbons (Fsp3) is 0.500. The number of hydrogen-bond donors (Lipinski definition) is 1. The average Bonchev–Trinajstić information content (AvgIpc) is 2.81. The van der Waals surface area contributed by atoms with Crippen LogP contribution in [0.3, 0.4) is 0 Å². The summed E-state index contributed by atoms with van der Waals surface area (Å²) in [6.07, 6.45) is 2.69. The molecule has 0 saturated heterocycles. The van der Waals surface area contributed by atoms with E-state index < -0.39 is 16.1 Å². The Morgan fingerprint density at radius 3 is 2.16 bits per heavy atom. The van der Waals surface area contributed by atoms with E-state index in [1.165, 1.54) is 9.21 Å². The Morgan fingerprint density at radius 1 is 1.00 bits per heavy atom. The van der Waals surface area contributed by atoms with Crippen LogP contribution >= 0.6 is 23.2 Å². The van der Waals surface area contributed by atoms with Gasteiger partial charge in [0, 0.05) is 35.6 Å². The molecule has 210 valence electrons. The quantitative estimate of drug-likeness (QED) is 0.319. The fourth-order valence-electron chi connectivity index (χ4n) is 4.29. The topological polar surface area (TPSA) is 86.8 Å². The maximum atomic E-state index is 13.6. The summed E-state index contributed by atoms with van der Waals surface area (Å²) in [5, 5.41) is 3.86. The van der Waals surface area contributed by atoms with Gasteiger partial charge in [0.05, 0.1) is 11.9 Å². The van der Waals surface area contributed by atoms with Crippen LogP contribution in [0.5, 0.6) is 0 Å². The van der Waals surface area contributed by atoms with Crippen molar-refractivity contribution in [3.8, 4) is 0 Å². The first-order valence-corrected chi connectivity index (χ1v) is 15.5. The third-order valence-electron chi connectivity index (χ3n) is 6.39. The minimum Gasteiger partial charge on any atom is -0.352 e. The number of hydrogen-bond acceptors (Lipinski definition) is 4. The Hall–Kier alpha value is -2.29. The summed E-state index contributed by atoms with van der Waals surface area (Å²) in [5.41, 5.74) is 3.15. The van der Waals surface area contributed by atoms with Crippen LogP contribution in [-0.4, -0.2) is 50.0 Å². The SMILES string of the molecule is CC[C@H](C(=O)N[C@@H](C)CC)N(Cc1ccc(Cl)cc1Cl)C(=O)CCCN(c1cc(C)cc(C)c1)S(C)(=O)=O. The molecule has 0 heterocycles. The van der Waals surface area contributed by atoms with Crippen molar-refractivity contribution in [2.45, 2.75) is 78.9 Å².